The van der Waals surface area contributed by atoms with E-state index in [1.807, 2.05) is 4.90 Å². The lowest BCUT2D eigenvalue weighted by molar-refractivity contribution is 0.0686. The van der Waals surface area contributed by atoms with E-state index < -0.39 is 0 Å². The third-order valence-corrected chi connectivity index (χ3v) is 4.52. The molecular weight excluding hydrogens is 344 g/mol. The monoisotopic (exact) mass is 372 g/mol. The maximum absolute atomic E-state index is 12.9. The minimum absolute atomic E-state index is 0. The first-order valence-corrected chi connectivity index (χ1v) is 8.45. The van der Waals surface area contributed by atoms with Crippen molar-refractivity contribution in [1.29, 1.82) is 0 Å². The number of hydrogen-bond acceptors (Lipinski definition) is 5. The molecule has 0 atom stereocenters. The minimum Gasteiger partial charge on any atom is -0.493 e. The van der Waals surface area contributed by atoms with E-state index in [9.17, 15) is 4.79 Å². The molecule has 1 aliphatic heterocycles. The zero-order valence-corrected chi connectivity index (χ0v) is 16.3. The fourth-order valence-electron chi connectivity index (χ4n) is 3.13. The number of carbonyl (C=O) groups is 1. The molecule has 0 bridgehead atoms. The molecule has 25 heavy (non-hydrogen) atoms. The van der Waals surface area contributed by atoms with E-state index in [4.69, 9.17) is 14.2 Å². The lowest BCUT2D eigenvalue weighted by atomic mass is 9.96. The van der Waals surface area contributed by atoms with E-state index in [1.54, 1.807) is 26.4 Å². The summed E-state index contributed by atoms with van der Waals surface area (Å²) >= 11 is 0. The third kappa shape index (κ3) is 4.92. The van der Waals surface area contributed by atoms with Gasteiger partial charge in [-0.25, -0.2) is 0 Å². The van der Waals surface area contributed by atoms with E-state index in [-0.39, 0.29) is 18.3 Å². The fraction of sp³-hybridized carbons (Fsp3) is 0.611. The highest BCUT2D eigenvalue weighted by molar-refractivity contribution is 5.98. The minimum atomic E-state index is -0.0188. The average molecular weight is 373 g/mol. The standard InChI is InChI=1S/C18H28N2O4.ClH/c1-5-19-12-13-8-10-20(11-9-13)18(21)14-6-7-15(22-2)17(24-4)16(14)23-3;/h6-7,13,19H,5,8-12H2,1-4H3;1H. The zero-order valence-electron chi connectivity index (χ0n) is 15.5. The summed E-state index contributed by atoms with van der Waals surface area (Å²) in [6.45, 7) is 5.67. The molecule has 1 aromatic carbocycles. The van der Waals surface area contributed by atoms with Crippen molar-refractivity contribution in [1.82, 2.24) is 10.2 Å². The molecule has 1 fully saturated rings. The lowest BCUT2D eigenvalue weighted by Crippen LogP contribution is -2.40. The highest BCUT2D eigenvalue weighted by atomic mass is 35.5. The summed E-state index contributed by atoms with van der Waals surface area (Å²) in [7, 11) is 4.64. The molecule has 1 amide bonds. The van der Waals surface area contributed by atoms with Gasteiger partial charge < -0.3 is 24.4 Å². The van der Waals surface area contributed by atoms with Crippen LogP contribution in [-0.2, 0) is 0 Å². The fourth-order valence-corrected chi connectivity index (χ4v) is 3.13. The first-order valence-electron chi connectivity index (χ1n) is 8.45. The second kappa shape index (κ2) is 10.4. The molecule has 7 heteroatoms. The predicted molar refractivity (Wildman–Crippen MR) is 101 cm³/mol. The normalized spacial score (nSPS) is 14.6. The Morgan fingerprint density at radius 2 is 1.76 bits per heavy atom. The second-order valence-corrected chi connectivity index (χ2v) is 5.93. The summed E-state index contributed by atoms with van der Waals surface area (Å²) in [4.78, 5) is 14.8. The van der Waals surface area contributed by atoms with Crippen molar-refractivity contribution in [3.63, 3.8) is 0 Å². The SMILES string of the molecule is CCNCC1CCN(C(=O)c2ccc(OC)c(OC)c2OC)CC1.Cl. The molecule has 0 aliphatic carbocycles. The molecule has 0 saturated carbocycles. The number of rotatable bonds is 7. The molecule has 0 spiro atoms. The van der Waals surface area contributed by atoms with Crippen LogP contribution < -0.4 is 19.5 Å². The van der Waals surface area contributed by atoms with Crippen molar-refractivity contribution < 1.29 is 19.0 Å². The van der Waals surface area contributed by atoms with Gasteiger partial charge in [0, 0.05) is 13.1 Å². The van der Waals surface area contributed by atoms with Crippen LogP contribution in [0.25, 0.3) is 0 Å². The van der Waals surface area contributed by atoms with Gasteiger partial charge in [-0.15, -0.1) is 12.4 Å². The van der Waals surface area contributed by atoms with Gasteiger partial charge in [0.1, 0.15) is 0 Å². The number of amides is 1. The van der Waals surface area contributed by atoms with Crippen molar-refractivity contribution >= 4 is 18.3 Å². The third-order valence-electron chi connectivity index (χ3n) is 4.52. The summed E-state index contributed by atoms with van der Waals surface area (Å²) in [6, 6.07) is 3.49. The van der Waals surface area contributed by atoms with Gasteiger partial charge >= 0.3 is 0 Å². The van der Waals surface area contributed by atoms with Crippen LogP contribution in [0.3, 0.4) is 0 Å². The number of likely N-dealkylation sites (tertiary alicyclic amines) is 1. The molecule has 1 N–H and O–H groups in total. The molecule has 2 rings (SSSR count). The lowest BCUT2D eigenvalue weighted by Gasteiger charge is -2.32. The van der Waals surface area contributed by atoms with Gasteiger partial charge in [-0.2, -0.15) is 0 Å². The van der Waals surface area contributed by atoms with Crippen molar-refractivity contribution in [2.24, 2.45) is 5.92 Å². The first-order chi connectivity index (χ1) is 11.7. The van der Waals surface area contributed by atoms with Gasteiger partial charge in [0.15, 0.2) is 11.5 Å². The molecule has 1 heterocycles. The van der Waals surface area contributed by atoms with Gasteiger partial charge in [-0.3, -0.25) is 4.79 Å². The quantitative estimate of drug-likeness (QED) is 0.797. The molecule has 1 aliphatic rings. The van der Waals surface area contributed by atoms with Crippen LogP contribution in [-0.4, -0.2) is 58.3 Å². The molecule has 1 saturated heterocycles. The van der Waals surface area contributed by atoms with Crippen molar-refractivity contribution in [2.45, 2.75) is 19.8 Å². The van der Waals surface area contributed by atoms with Gasteiger partial charge in [0.2, 0.25) is 5.75 Å². The number of nitrogens with zero attached hydrogens (tertiary/aromatic N) is 1. The molecule has 0 radical (unpaired) electrons. The number of benzene rings is 1. The molecule has 142 valence electrons. The van der Waals surface area contributed by atoms with E-state index in [0.717, 1.165) is 39.0 Å². The molecule has 1 aromatic rings. The van der Waals surface area contributed by atoms with Gasteiger partial charge in [0.05, 0.1) is 26.9 Å². The molecular formula is C18H29ClN2O4. The highest BCUT2D eigenvalue weighted by Crippen LogP contribution is 2.40. The Labute approximate surface area is 156 Å². The first kappa shape index (κ1) is 21.4. The maximum atomic E-state index is 12.9. The summed E-state index contributed by atoms with van der Waals surface area (Å²) in [5.74, 6) is 2.05. The van der Waals surface area contributed by atoms with Gasteiger partial charge in [-0.1, -0.05) is 6.92 Å². The van der Waals surface area contributed by atoms with E-state index >= 15 is 0 Å². The van der Waals surface area contributed by atoms with Crippen molar-refractivity contribution in [3.8, 4) is 17.2 Å². The Hall–Kier alpha value is -1.66. The highest BCUT2D eigenvalue weighted by Gasteiger charge is 2.27. The smallest absolute Gasteiger partial charge is 0.257 e. The predicted octanol–water partition coefficient (Wildman–Crippen LogP) is 2.60. The van der Waals surface area contributed by atoms with Gasteiger partial charge in [-0.05, 0) is 44.0 Å². The summed E-state index contributed by atoms with van der Waals surface area (Å²) in [6.07, 6.45) is 2.04. The topological polar surface area (TPSA) is 60.0 Å². The number of carbonyl (C=O) groups excluding carboxylic acids is 1. The number of piperidine rings is 1. The molecule has 6 nitrogen and oxygen atoms in total. The van der Waals surface area contributed by atoms with Crippen LogP contribution in [0.4, 0.5) is 0 Å². The average Bonchev–Trinajstić information content (AvgIpc) is 2.64. The summed E-state index contributed by atoms with van der Waals surface area (Å²) in [5.41, 5.74) is 0.514. The number of hydrogen-bond donors (Lipinski definition) is 1. The van der Waals surface area contributed by atoms with Crippen LogP contribution in [0, 0.1) is 5.92 Å². The summed E-state index contributed by atoms with van der Waals surface area (Å²) < 4.78 is 16.1. The number of halogens is 1. The largest absolute Gasteiger partial charge is 0.493 e. The Kier molecular flexibility index (Phi) is 8.86. The Morgan fingerprint density at radius 3 is 2.28 bits per heavy atom. The van der Waals surface area contributed by atoms with Crippen LogP contribution >= 0.6 is 12.4 Å². The van der Waals surface area contributed by atoms with E-state index in [1.165, 1.54) is 7.11 Å². The van der Waals surface area contributed by atoms with Crippen LogP contribution in [0.1, 0.15) is 30.1 Å². The van der Waals surface area contributed by atoms with Crippen LogP contribution in [0.15, 0.2) is 12.1 Å². The second-order valence-electron chi connectivity index (χ2n) is 5.93. The Bertz CT molecular complexity index is 560. The van der Waals surface area contributed by atoms with Crippen molar-refractivity contribution in [2.75, 3.05) is 47.5 Å². The Balaban J connectivity index is 0.00000312. The Morgan fingerprint density at radius 1 is 1.12 bits per heavy atom. The van der Waals surface area contributed by atoms with Crippen LogP contribution in [0.5, 0.6) is 17.2 Å². The zero-order chi connectivity index (χ0) is 17.5. The van der Waals surface area contributed by atoms with Crippen molar-refractivity contribution in [3.05, 3.63) is 17.7 Å². The van der Waals surface area contributed by atoms with Gasteiger partial charge in [0.25, 0.3) is 5.91 Å². The van der Waals surface area contributed by atoms with E-state index in [0.29, 0.717) is 28.7 Å². The molecule has 0 aromatic heterocycles. The van der Waals surface area contributed by atoms with E-state index in [2.05, 4.69) is 12.2 Å². The van der Waals surface area contributed by atoms with Crippen LogP contribution in [0.2, 0.25) is 0 Å². The number of ether oxygens (including phenoxy) is 3. The molecule has 0 unspecified atom stereocenters. The summed E-state index contributed by atoms with van der Waals surface area (Å²) in [5, 5.41) is 3.39. The number of nitrogens with one attached hydrogen (secondary N) is 1. The number of methoxy groups -OCH3 is 3. The maximum Gasteiger partial charge on any atom is 0.257 e.